The number of carbonyl (C=O) groups excluding carboxylic acids is 1. The zero-order chi connectivity index (χ0) is 15.6. The molecule has 0 atom stereocenters. The summed E-state index contributed by atoms with van der Waals surface area (Å²) in [4.78, 5) is 11.9. The Balaban J connectivity index is 2.25. The molecule has 7 heteroatoms. The number of carbonyl (C=O) groups is 1. The molecule has 1 amide bonds. The first kappa shape index (κ1) is 15.5. The highest BCUT2D eigenvalue weighted by Crippen LogP contribution is 2.30. The second-order valence-electron chi connectivity index (χ2n) is 4.16. The van der Waals surface area contributed by atoms with Crippen molar-refractivity contribution >= 4 is 27.5 Å². The lowest BCUT2D eigenvalue weighted by Crippen LogP contribution is -2.14. The van der Waals surface area contributed by atoms with E-state index < -0.39 is 23.5 Å². The van der Waals surface area contributed by atoms with E-state index in [0.717, 1.165) is 30.3 Å². The molecular formula is C14H8BrF4NO. The third-order valence-corrected chi connectivity index (χ3v) is 3.29. The van der Waals surface area contributed by atoms with E-state index in [9.17, 15) is 22.4 Å². The number of hydrogen-bond acceptors (Lipinski definition) is 1. The number of benzene rings is 2. The Morgan fingerprint density at radius 1 is 1.10 bits per heavy atom. The van der Waals surface area contributed by atoms with E-state index in [1.165, 1.54) is 12.1 Å². The summed E-state index contributed by atoms with van der Waals surface area (Å²) < 4.78 is 51.0. The summed E-state index contributed by atoms with van der Waals surface area (Å²) in [6.45, 7) is 0. The van der Waals surface area contributed by atoms with Crippen LogP contribution in [0, 0.1) is 5.82 Å². The van der Waals surface area contributed by atoms with Crippen molar-refractivity contribution in [2.45, 2.75) is 6.18 Å². The van der Waals surface area contributed by atoms with Crippen LogP contribution in [0.3, 0.4) is 0 Å². The van der Waals surface area contributed by atoms with Gasteiger partial charge in [0.2, 0.25) is 0 Å². The van der Waals surface area contributed by atoms with Gasteiger partial charge in [-0.1, -0.05) is 6.07 Å². The van der Waals surface area contributed by atoms with Crippen LogP contribution in [0.1, 0.15) is 15.9 Å². The second-order valence-corrected chi connectivity index (χ2v) is 5.01. The quantitative estimate of drug-likeness (QED) is 0.760. The average Bonchev–Trinajstić information content (AvgIpc) is 2.41. The molecule has 0 radical (unpaired) electrons. The third-order valence-electron chi connectivity index (χ3n) is 2.63. The molecule has 0 aliphatic heterocycles. The van der Waals surface area contributed by atoms with Crippen LogP contribution in [0.5, 0.6) is 0 Å². The minimum Gasteiger partial charge on any atom is -0.321 e. The van der Waals surface area contributed by atoms with E-state index in [-0.39, 0.29) is 11.3 Å². The molecule has 0 aliphatic rings. The van der Waals surface area contributed by atoms with Crippen LogP contribution in [0.25, 0.3) is 0 Å². The maximum absolute atomic E-state index is 12.9. The summed E-state index contributed by atoms with van der Waals surface area (Å²) in [6.07, 6.45) is -4.52. The molecule has 2 aromatic carbocycles. The molecule has 0 aromatic heterocycles. The van der Waals surface area contributed by atoms with Gasteiger partial charge in [0.1, 0.15) is 5.82 Å². The van der Waals surface area contributed by atoms with Gasteiger partial charge in [0.25, 0.3) is 5.91 Å². The van der Waals surface area contributed by atoms with Gasteiger partial charge in [0, 0.05) is 10.0 Å². The summed E-state index contributed by atoms with van der Waals surface area (Å²) in [5.74, 6) is -1.22. The number of rotatable bonds is 2. The molecule has 110 valence electrons. The summed E-state index contributed by atoms with van der Waals surface area (Å²) in [5.41, 5.74) is -0.784. The number of alkyl halides is 3. The molecule has 2 aromatic rings. The van der Waals surface area contributed by atoms with E-state index in [1.807, 2.05) is 0 Å². The predicted octanol–water partition coefficient (Wildman–Crippen LogP) is 4.86. The van der Waals surface area contributed by atoms with E-state index in [2.05, 4.69) is 21.2 Å². The molecule has 2 nitrogen and oxygen atoms in total. The standard InChI is InChI=1S/C14H8BrF4NO/c15-11-7-10(16)4-5-12(11)20-13(21)8-2-1-3-9(6-8)14(17,18)19/h1-7H,(H,20,21). The highest BCUT2D eigenvalue weighted by molar-refractivity contribution is 9.10. The van der Waals surface area contributed by atoms with E-state index in [4.69, 9.17) is 0 Å². The van der Waals surface area contributed by atoms with Gasteiger partial charge < -0.3 is 5.32 Å². The van der Waals surface area contributed by atoms with Gasteiger partial charge in [-0.25, -0.2) is 4.39 Å². The fourth-order valence-corrected chi connectivity index (χ4v) is 2.07. The summed E-state index contributed by atoms with van der Waals surface area (Å²) >= 11 is 3.06. The fourth-order valence-electron chi connectivity index (χ4n) is 1.62. The third kappa shape index (κ3) is 3.81. The lowest BCUT2D eigenvalue weighted by Gasteiger charge is -2.10. The molecule has 21 heavy (non-hydrogen) atoms. The predicted molar refractivity (Wildman–Crippen MR) is 73.5 cm³/mol. The topological polar surface area (TPSA) is 29.1 Å². The molecular weight excluding hydrogens is 354 g/mol. The maximum Gasteiger partial charge on any atom is 0.416 e. The van der Waals surface area contributed by atoms with Crippen LogP contribution in [0.4, 0.5) is 23.2 Å². The number of anilines is 1. The van der Waals surface area contributed by atoms with Crippen LogP contribution < -0.4 is 5.32 Å². The van der Waals surface area contributed by atoms with Crippen molar-refractivity contribution in [2.24, 2.45) is 0 Å². The number of nitrogens with one attached hydrogen (secondary N) is 1. The number of hydrogen-bond donors (Lipinski definition) is 1. The minimum atomic E-state index is -4.52. The van der Waals surface area contributed by atoms with Gasteiger partial charge in [0.15, 0.2) is 0 Å². The Morgan fingerprint density at radius 2 is 1.81 bits per heavy atom. The average molecular weight is 362 g/mol. The van der Waals surface area contributed by atoms with Crippen molar-refractivity contribution in [1.82, 2.24) is 0 Å². The van der Waals surface area contributed by atoms with Crippen molar-refractivity contribution in [1.29, 1.82) is 0 Å². The van der Waals surface area contributed by atoms with Gasteiger partial charge in [-0.2, -0.15) is 13.2 Å². The SMILES string of the molecule is O=C(Nc1ccc(F)cc1Br)c1cccc(C(F)(F)F)c1. The van der Waals surface area contributed by atoms with Crippen molar-refractivity contribution in [3.63, 3.8) is 0 Å². The normalized spacial score (nSPS) is 11.3. The zero-order valence-electron chi connectivity index (χ0n) is 10.3. The minimum absolute atomic E-state index is 0.138. The first-order valence-electron chi connectivity index (χ1n) is 5.71. The monoisotopic (exact) mass is 361 g/mol. The van der Waals surface area contributed by atoms with Crippen molar-refractivity contribution < 1.29 is 22.4 Å². The second kappa shape index (κ2) is 5.85. The lowest BCUT2D eigenvalue weighted by atomic mass is 10.1. The number of halogens is 5. The van der Waals surface area contributed by atoms with Gasteiger partial charge >= 0.3 is 6.18 Å². The first-order chi connectivity index (χ1) is 9.77. The van der Waals surface area contributed by atoms with Crippen LogP contribution in [0.2, 0.25) is 0 Å². The Kier molecular flexibility index (Phi) is 4.32. The molecule has 0 heterocycles. The van der Waals surface area contributed by atoms with Crippen LogP contribution in [-0.2, 0) is 6.18 Å². The molecule has 0 unspecified atom stereocenters. The van der Waals surface area contributed by atoms with Gasteiger partial charge in [-0.3, -0.25) is 4.79 Å². The molecule has 0 spiro atoms. The summed E-state index contributed by atoms with van der Waals surface area (Å²) in [5, 5.41) is 2.41. The molecule has 0 saturated carbocycles. The van der Waals surface area contributed by atoms with Gasteiger partial charge in [-0.15, -0.1) is 0 Å². The zero-order valence-corrected chi connectivity index (χ0v) is 11.9. The van der Waals surface area contributed by atoms with Crippen molar-refractivity contribution in [3.8, 4) is 0 Å². The van der Waals surface area contributed by atoms with Crippen LogP contribution in [-0.4, -0.2) is 5.91 Å². The summed E-state index contributed by atoms with van der Waals surface area (Å²) in [6, 6.07) is 7.63. The Morgan fingerprint density at radius 3 is 2.43 bits per heavy atom. The van der Waals surface area contributed by atoms with Gasteiger partial charge in [-0.05, 0) is 52.3 Å². The molecule has 0 fully saturated rings. The maximum atomic E-state index is 12.9. The van der Waals surface area contributed by atoms with Crippen LogP contribution >= 0.6 is 15.9 Å². The summed E-state index contributed by atoms with van der Waals surface area (Å²) in [7, 11) is 0. The van der Waals surface area contributed by atoms with Crippen molar-refractivity contribution in [3.05, 3.63) is 63.9 Å². The smallest absolute Gasteiger partial charge is 0.321 e. The molecule has 0 saturated heterocycles. The molecule has 2 rings (SSSR count). The lowest BCUT2D eigenvalue weighted by molar-refractivity contribution is -0.137. The molecule has 0 aliphatic carbocycles. The van der Waals surface area contributed by atoms with Gasteiger partial charge in [0.05, 0.1) is 11.3 Å². The van der Waals surface area contributed by atoms with E-state index in [1.54, 1.807) is 0 Å². The Labute approximate surface area is 125 Å². The first-order valence-corrected chi connectivity index (χ1v) is 6.50. The van der Waals surface area contributed by atoms with E-state index >= 15 is 0 Å². The largest absolute Gasteiger partial charge is 0.416 e. The molecule has 1 N–H and O–H groups in total. The van der Waals surface area contributed by atoms with Crippen molar-refractivity contribution in [2.75, 3.05) is 5.32 Å². The fraction of sp³-hybridized carbons (Fsp3) is 0.0714. The molecule has 0 bridgehead atoms. The highest BCUT2D eigenvalue weighted by atomic mass is 79.9. The van der Waals surface area contributed by atoms with E-state index in [0.29, 0.717) is 4.47 Å². The Hall–Kier alpha value is -1.89. The van der Waals surface area contributed by atoms with Crippen LogP contribution in [0.15, 0.2) is 46.9 Å². The Bertz CT molecular complexity index is 685. The number of amides is 1. The highest BCUT2D eigenvalue weighted by Gasteiger charge is 2.30.